The molecule has 7 heteroatoms. The number of hydrogen-bond acceptors (Lipinski definition) is 4. The van der Waals surface area contributed by atoms with E-state index in [0.29, 0.717) is 23.4 Å². The van der Waals surface area contributed by atoms with Crippen molar-refractivity contribution in [3.05, 3.63) is 82.2 Å². The Kier molecular flexibility index (Phi) is 5.86. The Morgan fingerprint density at radius 2 is 2.06 bits per heavy atom. The number of nitrogens with zero attached hydrogens (tertiary/aromatic N) is 4. The Balaban J connectivity index is 1.45. The molecule has 1 unspecified atom stereocenters. The molecule has 1 N–H and O–H groups in total. The van der Waals surface area contributed by atoms with Crippen LogP contribution in [0.2, 0.25) is 0 Å². The molecule has 1 amide bonds. The minimum atomic E-state index is -0.948. The largest absolute Gasteiger partial charge is 0.338 e. The molecule has 0 bridgehead atoms. The molecule has 5 rings (SSSR count). The van der Waals surface area contributed by atoms with Gasteiger partial charge >= 0.3 is 0 Å². The number of alkyl halides is 1. The summed E-state index contributed by atoms with van der Waals surface area (Å²) in [5, 5.41) is 12.1. The standard InChI is InChI=1S/C28H26FN5O/c1-18-3-5-21(6-4-18)25(26-24-15-22(29)16-34(24)17-31-26)33-27(35)23-14-20(13-19(2)32-23)7-8-28(9-10-28)11-12-30/h3-6,13-14,17,22,25H,9-11,15-16H2,1-2H3,(H,33,35)/t22-,25?/m1/s1. The van der Waals surface area contributed by atoms with Gasteiger partial charge in [0, 0.05) is 28.8 Å². The zero-order valence-corrected chi connectivity index (χ0v) is 19.8. The van der Waals surface area contributed by atoms with E-state index in [2.05, 4.69) is 33.2 Å². The fraction of sp³-hybridized carbons (Fsp3) is 0.357. The van der Waals surface area contributed by atoms with E-state index in [-0.39, 0.29) is 30.0 Å². The van der Waals surface area contributed by atoms with Crippen molar-refractivity contribution in [3.8, 4) is 17.9 Å². The maximum absolute atomic E-state index is 14.1. The van der Waals surface area contributed by atoms with E-state index in [4.69, 9.17) is 5.26 Å². The zero-order chi connectivity index (χ0) is 24.6. The Bertz CT molecular complexity index is 1390. The van der Waals surface area contributed by atoms with Crippen LogP contribution >= 0.6 is 0 Å². The summed E-state index contributed by atoms with van der Waals surface area (Å²) < 4.78 is 15.9. The molecule has 3 heterocycles. The molecular formula is C28H26FN5O. The third-order valence-corrected chi connectivity index (χ3v) is 6.68. The first-order valence-corrected chi connectivity index (χ1v) is 11.8. The maximum atomic E-state index is 14.1. The summed E-state index contributed by atoms with van der Waals surface area (Å²) in [6.45, 7) is 4.11. The number of fused-ring (bicyclic) bond motifs is 1. The molecule has 2 atom stereocenters. The first-order valence-electron chi connectivity index (χ1n) is 11.8. The highest BCUT2D eigenvalue weighted by atomic mass is 19.1. The lowest BCUT2D eigenvalue weighted by molar-refractivity contribution is 0.0937. The summed E-state index contributed by atoms with van der Waals surface area (Å²) in [5.74, 6) is 6.02. The van der Waals surface area contributed by atoms with Gasteiger partial charge in [-0.1, -0.05) is 41.7 Å². The lowest BCUT2D eigenvalue weighted by Gasteiger charge is -2.19. The number of aryl methyl sites for hydroxylation is 2. The third-order valence-electron chi connectivity index (χ3n) is 6.68. The predicted molar refractivity (Wildman–Crippen MR) is 129 cm³/mol. The fourth-order valence-electron chi connectivity index (χ4n) is 4.51. The Morgan fingerprint density at radius 1 is 1.29 bits per heavy atom. The normalized spacial score (nSPS) is 18.1. The van der Waals surface area contributed by atoms with E-state index < -0.39 is 12.2 Å². The van der Waals surface area contributed by atoms with Gasteiger partial charge in [0.05, 0.1) is 37.1 Å². The van der Waals surface area contributed by atoms with Gasteiger partial charge in [-0.2, -0.15) is 5.26 Å². The molecule has 1 aliphatic heterocycles. The van der Waals surface area contributed by atoms with Crippen LogP contribution in [0.5, 0.6) is 0 Å². The average molecular weight is 468 g/mol. The molecule has 1 aromatic carbocycles. The number of imidazole rings is 1. The van der Waals surface area contributed by atoms with Gasteiger partial charge in [0.1, 0.15) is 11.9 Å². The number of aromatic nitrogens is 3. The molecule has 0 saturated heterocycles. The van der Waals surface area contributed by atoms with Gasteiger partial charge in [0.25, 0.3) is 5.91 Å². The predicted octanol–water partition coefficient (Wildman–Crippen LogP) is 4.35. The van der Waals surface area contributed by atoms with Crippen molar-refractivity contribution in [2.45, 2.75) is 58.3 Å². The van der Waals surface area contributed by atoms with Crippen LogP contribution in [-0.4, -0.2) is 26.6 Å². The molecule has 2 aromatic heterocycles. The average Bonchev–Trinajstić information content (AvgIpc) is 3.34. The number of benzene rings is 1. The van der Waals surface area contributed by atoms with E-state index in [1.807, 2.05) is 48.7 Å². The molecule has 2 aliphatic rings. The molecule has 0 radical (unpaired) electrons. The van der Waals surface area contributed by atoms with Gasteiger partial charge in [-0.25, -0.2) is 14.4 Å². The number of nitriles is 1. The minimum Gasteiger partial charge on any atom is -0.338 e. The topological polar surface area (TPSA) is 83.6 Å². The highest BCUT2D eigenvalue weighted by molar-refractivity contribution is 5.93. The molecular weight excluding hydrogens is 441 g/mol. The molecule has 35 heavy (non-hydrogen) atoms. The van der Waals surface area contributed by atoms with Crippen molar-refractivity contribution >= 4 is 5.91 Å². The Hall–Kier alpha value is -3.97. The van der Waals surface area contributed by atoms with Crippen LogP contribution in [0.1, 0.15) is 69.6 Å². The molecule has 176 valence electrons. The maximum Gasteiger partial charge on any atom is 0.270 e. The van der Waals surface area contributed by atoms with E-state index in [0.717, 1.165) is 29.7 Å². The molecule has 3 aromatic rings. The van der Waals surface area contributed by atoms with E-state index in [1.54, 1.807) is 12.4 Å². The van der Waals surface area contributed by atoms with Gasteiger partial charge < -0.3 is 9.88 Å². The minimum absolute atomic E-state index is 0.208. The van der Waals surface area contributed by atoms with Gasteiger partial charge in [-0.05, 0) is 44.4 Å². The number of carbonyl (C=O) groups is 1. The van der Waals surface area contributed by atoms with Crippen molar-refractivity contribution in [1.29, 1.82) is 5.26 Å². The van der Waals surface area contributed by atoms with Crippen LogP contribution in [0.25, 0.3) is 0 Å². The quantitative estimate of drug-likeness (QED) is 0.566. The number of nitrogens with one attached hydrogen (secondary N) is 1. The van der Waals surface area contributed by atoms with E-state index >= 15 is 0 Å². The number of rotatable bonds is 5. The summed E-state index contributed by atoms with van der Waals surface area (Å²) in [6.07, 6.45) is 3.25. The zero-order valence-electron chi connectivity index (χ0n) is 19.8. The first kappa shape index (κ1) is 22.8. The SMILES string of the molecule is Cc1ccc(C(NC(=O)c2cc(C#CC3(CC#N)CC3)cc(C)n2)c2ncn3c2C[C@@H](F)C3)cc1. The smallest absolute Gasteiger partial charge is 0.270 e. The van der Waals surface area contributed by atoms with Crippen LogP contribution in [0.15, 0.2) is 42.7 Å². The summed E-state index contributed by atoms with van der Waals surface area (Å²) in [5.41, 5.74) is 4.86. The number of carbonyl (C=O) groups excluding carboxylic acids is 1. The highest BCUT2D eigenvalue weighted by Crippen LogP contribution is 2.47. The van der Waals surface area contributed by atoms with Crippen molar-refractivity contribution in [2.75, 3.05) is 0 Å². The summed E-state index contributed by atoms with van der Waals surface area (Å²) >= 11 is 0. The number of hydrogen-bond donors (Lipinski definition) is 1. The second-order valence-corrected chi connectivity index (χ2v) is 9.60. The van der Waals surface area contributed by atoms with Crippen LogP contribution in [-0.2, 0) is 13.0 Å². The Labute approximate surface area is 204 Å². The molecule has 1 fully saturated rings. The van der Waals surface area contributed by atoms with Crippen LogP contribution in [0, 0.1) is 42.4 Å². The monoisotopic (exact) mass is 467 g/mol. The molecule has 1 saturated carbocycles. The van der Waals surface area contributed by atoms with Crippen molar-refractivity contribution < 1.29 is 9.18 Å². The second-order valence-electron chi connectivity index (χ2n) is 9.60. The van der Waals surface area contributed by atoms with Crippen LogP contribution in [0.3, 0.4) is 0 Å². The third kappa shape index (κ3) is 4.81. The van der Waals surface area contributed by atoms with Gasteiger partial charge in [-0.3, -0.25) is 4.79 Å². The van der Waals surface area contributed by atoms with E-state index in [9.17, 15) is 9.18 Å². The number of halogens is 1. The fourth-order valence-corrected chi connectivity index (χ4v) is 4.51. The first-order chi connectivity index (χ1) is 16.9. The molecule has 6 nitrogen and oxygen atoms in total. The van der Waals surface area contributed by atoms with Crippen molar-refractivity contribution in [2.24, 2.45) is 5.41 Å². The molecule has 0 spiro atoms. The number of pyridine rings is 1. The van der Waals surface area contributed by atoms with E-state index in [1.165, 1.54) is 0 Å². The van der Waals surface area contributed by atoms with Crippen molar-refractivity contribution in [3.63, 3.8) is 0 Å². The van der Waals surface area contributed by atoms with Crippen LogP contribution in [0.4, 0.5) is 4.39 Å². The second kappa shape index (κ2) is 9.00. The highest BCUT2D eigenvalue weighted by Gasteiger charge is 2.40. The van der Waals surface area contributed by atoms with Crippen molar-refractivity contribution in [1.82, 2.24) is 19.9 Å². The Morgan fingerprint density at radius 3 is 2.77 bits per heavy atom. The molecule has 1 aliphatic carbocycles. The van der Waals surface area contributed by atoms with Crippen LogP contribution < -0.4 is 5.32 Å². The summed E-state index contributed by atoms with van der Waals surface area (Å²) in [4.78, 5) is 22.4. The van der Waals surface area contributed by atoms with Gasteiger partial charge in [0.15, 0.2) is 0 Å². The van der Waals surface area contributed by atoms with Gasteiger partial charge in [-0.15, -0.1) is 0 Å². The summed E-state index contributed by atoms with van der Waals surface area (Å²) in [6, 6.07) is 13.1. The lowest BCUT2D eigenvalue weighted by atomic mass is 9.99. The summed E-state index contributed by atoms with van der Waals surface area (Å²) in [7, 11) is 0. The number of amides is 1. The lowest BCUT2D eigenvalue weighted by Crippen LogP contribution is -2.31. The van der Waals surface area contributed by atoms with Gasteiger partial charge in [0.2, 0.25) is 0 Å².